The van der Waals surface area contributed by atoms with Gasteiger partial charge in [0, 0.05) is 16.3 Å². The molecule has 3 aromatic rings. The van der Waals surface area contributed by atoms with Gasteiger partial charge >= 0.3 is 6.18 Å². The number of imide groups is 1. The summed E-state index contributed by atoms with van der Waals surface area (Å²) in [7, 11) is 0. The molecule has 12 heteroatoms. The quantitative estimate of drug-likeness (QED) is 0.344. The van der Waals surface area contributed by atoms with E-state index in [0.717, 1.165) is 17.0 Å². The van der Waals surface area contributed by atoms with Gasteiger partial charge in [-0.3, -0.25) is 14.4 Å². The summed E-state index contributed by atoms with van der Waals surface area (Å²) in [6.45, 7) is 0. The molecule has 0 spiro atoms. The van der Waals surface area contributed by atoms with E-state index in [9.17, 15) is 27.6 Å². The smallest absolute Gasteiger partial charge is 0.350 e. The van der Waals surface area contributed by atoms with Crippen molar-refractivity contribution in [3.05, 3.63) is 98.6 Å². The molecule has 4 rings (SSSR count). The van der Waals surface area contributed by atoms with Crippen molar-refractivity contribution in [1.82, 2.24) is 0 Å². The average molecular weight is 555 g/mol. The van der Waals surface area contributed by atoms with Gasteiger partial charge in [0.15, 0.2) is 0 Å². The van der Waals surface area contributed by atoms with Crippen LogP contribution in [-0.2, 0) is 15.8 Å². The van der Waals surface area contributed by atoms with Crippen LogP contribution in [0.2, 0.25) is 10.0 Å². The van der Waals surface area contributed by atoms with Crippen molar-refractivity contribution in [2.45, 2.75) is 6.18 Å². The maximum Gasteiger partial charge on any atom is 0.418 e. The van der Waals surface area contributed by atoms with E-state index in [1.54, 1.807) is 0 Å². The lowest BCUT2D eigenvalue weighted by atomic mass is 10.1. The van der Waals surface area contributed by atoms with Gasteiger partial charge in [-0.2, -0.15) is 13.2 Å². The minimum atomic E-state index is -4.64. The molecule has 1 aliphatic heterocycles. The topological polar surface area (TPSA) is 78.5 Å². The van der Waals surface area contributed by atoms with Crippen LogP contribution in [0.15, 0.2) is 77.5 Å². The summed E-state index contributed by atoms with van der Waals surface area (Å²) in [5.74, 6) is -2.36. The number of alkyl halides is 3. The molecule has 36 heavy (non-hydrogen) atoms. The van der Waals surface area contributed by atoms with Crippen molar-refractivity contribution in [3.8, 4) is 0 Å². The van der Waals surface area contributed by atoms with Crippen LogP contribution >= 0.6 is 34.8 Å². The van der Waals surface area contributed by atoms with E-state index < -0.39 is 29.5 Å². The van der Waals surface area contributed by atoms with Crippen LogP contribution in [0.1, 0.15) is 15.9 Å². The molecular weight excluding hydrogens is 542 g/mol. The highest BCUT2D eigenvalue weighted by Crippen LogP contribution is 2.36. The maximum atomic E-state index is 13.2. The highest BCUT2D eigenvalue weighted by molar-refractivity contribution is 6.54. The van der Waals surface area contributed by atoms with E-state index in [2.05, 4.69) is 10.6 Å². The molecule has 0 aromatic heterocycles. The Bertz CT molecular complexity index is 1420. The minimum Gasteiger partial charge on any atom is -0.350 e. The predicted octanol–water partition coefficient (Wildman–Crippen LogP) is 6.70. The molecule has 0 aliphatic carbocycles. The van der Waals surface area contributed by atoms with E-state index in [1.165, 1.54) is 54.6 Å². The lowest BCUT2D eigenvalue weighted by Crippen LogP contribution is -2.32. The third-order valence-corrected chi connectivity index (χ3v) is 5.98. The summed E-state index contributed by atoms with van der Waals surface area (Å²) in [5, 5.41) is 4.94. The molecular formula is C24H13Cl3F3N3O3. The molecule has 0 saturated heterocycles. The summed E-state index contributed by atoms with van der Waals surface area (Å²) >= 11 is 18.2. The number of benzene rings is 3. The van der Waals surface area contributed by atoms with Crippen LogP contribution < -0.4 is 15.5 Å². The van der Waals surface area contributed by atoms with Crippen LogP contribution in [0.3, 0.4) is 0 Å². The van der Waals surface area contributed by atoms with Crippen LogP contribution in [0.4, 0.5) is 30.2 Å². The predicted molar refractivity (Wildman–Crippen MR) is 131 cm³/mol. The van der Waals surface area contributed by atoms with E-state index in [1.807, 2.05) is 0 Å². The number of carbonyl (C=O) groups is 3. The fourth-order valence-corrected chi connectivity index (χ4v) is 3.95. The molecule has 0 unspecified atom stereocenters. The Morgan fingerprint density at radius 3 is 2.19 bits per heavy atom. The number of halogens is 6. The Hall–Kier alpha value is -3.53. The second-order valence-corrected chi connectivity index (χ2v) is 8.65. The van der Waals surface area contributed by atoms with Gasteiger partial charge in [-0.1, -0.05) is 46.9 Å². The van der Waals surface area contributed by atoms with Gasteiger partial charge in [0.2, 0.25) is 0 Å². The van der Waals surface area contributed by atoms with Crippen molar-refractivity contribution in [1.29, 1.82) is 0 Å². The van der Waals surface area contributed by atoms with Gasteiger partial charge < -0.3 is 10.6 Å². The zero-order valence-electron chi connectivity index (χ0n) is 17.8. The molecule has 0 radical (unpaired) electrons. The largest absolute Gasteiger partial charge is 0.418 e. The van der Waals surface area contributed by atoms with Gasteiger partial charge in [0.25, 0.3) is 17.7 Å². The Morgan fingerprint density at radius 1 is 0.861 bits per heavy atom. The van der Waals surface area contributed by atoms with E-state index in [-0.39, 0.29) is 43.4 Å². The molecule has 2 N–H and O–H groups in total. The summed E-state index contributed by atoms with van der Waals surface area (Å²) < 4.78 is 39.5. The number of hydrogen-bond donors (Lipinski definition) is 2. The van der Waals surface area contributed by atoms with Gasteiger partial charge in [0.1, 0.15) is 10.7 Å². The van der Waals surface area contributed by atoms with Crippen molar-refractivity contribution in [3.63, 3.8) is 0 Å². The highest BCUT2D eigenvalue weighted by Gasteiger charge is 2.40. The number of nitrogens with one attached hydrogen (secondary N) is 2. The lowest BCUT2D eigenvalue weighted by Gasteiger charge is -2.17. The number of para-hydroxylation sites is 1. The third-order valence-electron chi connectivity index (χ3n) is 5.07. The monoisotopic (exact) mass is 553 g/mol. The summed E-state index contributed by atoms with van der Waals surface area (Å²) in [6.07, 6.45) is -4.64. The number of nitrogens with zero attached hydrogens (tertiary/aromatic N) is 1. The first kappa shape index (κ1) is 25.6. The molecule has 1 aliphatic rings. The number of hydrogen-bond acceptors (Lipinski definition) is 4. The molecule has 0 fully saturated rings. The Morgan fingerprint density at radius 2 is 1.53 bits per heavy atom. The average Bonchev–Trinajstić information content (AvgIpc) is 3.04. The molecule has 6 nitrogen and oxygen atoms in total. The fraction of sp³-hybridized carbons (Fsp3) is 0.0417. The standard InChI is InChI=1S/C24H13Cl3F3N3O3/c25-13-7-10-16(26)18(11-13)33-22(35)19(27)20(23(33)36)31-14-8-5-12(6-9-14)21(34)32-17-4-2-1-3-15(17)24(28,29)30/h1-11,31H,(H,32,34). The van der Waals surface area contributed by atoms with Crippen LogP contribution in [0.5, 0.6) is 0 Å². The summed E-state index contributed by atoms with van der Waals surface area (Å²) in [4.78, 5) is 38.8. The molecule has 0 saturated carbocycles. The first-order chi connectivity index (χ1) is 17.0. The number of anilines is 3. The SMILES string of the molecule is O=C(Nc1ccccc1C(F)(F)F)c1ccc(NC2=C(Cl)C(=O)N(c3cc(Cl)ccc3Cl)C2=O)cc1. The molecule has 184 valence electrons. The minimum absolute atomic E-state index is 0.0544. The van der Waals surface area contributed by atoms with Crippen molar-refractivity contribution >= 4 is 69.6 Å². The highest BCUT2D eigenvalue weighted by atomic mass is 35.5. The zero-order chi connectivity index (χ0) is 26.2. The van der Waals surface area contributed by atoms with E-state index in [0.29, 0.717) is 0 Å². The Balaban J connectivity index is 1.51. The van der Waals surface area contributed by atoms with Gasteiger partial charge in [-0.15, -0.1) is 0 Å². The van der Waals surface area contributed by atoms with E-state index >= 15 is 0 Å². The van der Waals surface area contributed by atoms with Crippen molar-refractivity contribution in [2.75, 3.05) is 15.5 Å². The third kappa shape index (κ3) is 5.04. The molecule has 3 aromatic carbocycles. The van der Waals surface area contributed by atoms with Gasteiger partial charge in [-0.05, 0) is 54.6 Å². The summed E-state index contributed by atoms with van der Waals surface area (Å²) in [6, 6.07) is 14.3. The number of rotatable bonds is 5. The lowest BCUT2D eigenvalue weighted by molar-refractivity contribution is -0.137. The maximum absolute atomic E-state index is 13.2. The van der Waals surface area contributed by atoms with Crippen LogP contribution in [0.25, 0.3) is 0 Å². The summed E-state index contributed by atoms with van der Waals surface area (Å²) in [5.41, 5.74) is -1.19. The molecule has 1 heterocycles. The van der Waals surface area contributed by atoms with Gasteiger partial charge in [0.05, 0.1) is 22.0 Å². The Kier molecular flexibility index (Phi) is 6.99. The van der Waals surface area contributed by atoms with Crippen molar-refractivity contribution in [2.24, 2.45) is 0 Å². The first-order valence-corrected chi connectivity index (χ1v) is 11.2. The van der Waals surface area contributed by atoms with Crippen LogP contribution in [-0.4, -0.2) is 17.7 Å². The second kappa shape index (κ2) is 9.85. The Labute approximate surface area is 217 Å². The van der Waals surface area contributed by atoms with Gasteiger partial charge in [-0.25, -0.2) is 4.90 Å². The number of amides is 3. The normalized spacial score (nSPS) is 13.9. The second-order valence-electron chi connectivity index (χ2n) is 7.43. The fourth-order valence-electron chi connectivity index (χ4n) is 3.37. The number of carbonyl (C=O) groups excluding carboxylic acids is 3. The molecule has 3 amide bonds. The van der Waals surface area contributed by atoms with Crippen molar-refractivity contribution < 1.29 is 27.6 Å². The first-order valence-electron chi connectivity index (χ1n) is 10.1. The molecule has 0 atom stereocenters. The van der Waals surface area contributed by atoms with Crippen LogP contribution in [0, 0.1) is 0 Å². The van der Waals surface area contributed by atoms with E-state index in [4.69, 9.17) is 34.8 Å². The zero-order valence-corrected chi connectivity index (χ0v) is 20.1. The molecule has 0 bridgehead atoms.